The van der Waals surface area contributed by atoms with Gasteiger partial charge >= 0.3 is 31.0 Å². The maximum absolute atomic E-state index is 2.32. The summed E-state index contributed by atoms with van der Waals surface area (Å²) < 4.78 is 0. The first-order valence-electron chi connectivity index (χ1n) is 8.69. The molecular weight excluding hydrogens is 426 g/mol. The molecule has 25 heavy (non-hydrogen) atoms. The molecule has 1 aliphatic carbocycles. The Morgan fingerprint density at radius 1 is 0.680 bits per heavy atom. The van der Waals surface area contributed by atoms with Crippen molar-refractivity contribution < 1.29 is 0 Å². The zero-order chi connectivity index (χ0) is 17.7. The molecule has 0 aliphatic heterocycles. The largest absolute Gasteiger partial charge is 0.0622 e. The van der Waals surface area contributed by atoms with Crippen molar-refractivity contribution in [3.63, 3.8) is 0 Å². The van der Waals surface area contributed by atoms with Crippen LogP contribution < -0.4 is 10.6 Å². The second kappa shape index (κ2) is 12.1. The van der Waals surface area contributed by atoms with E-state index in [9.17, 15) is 0 Å². The Morgan fingerprint density at radius 3 is 1.68 bits per heavy atom. The molecule has 0 unspecified atom stereocenters. The summed E-state index contributed by atoms with van der Waals surface area (Å²) in [7, 11) is 0.777. The molecule has 0 nitrogen and oxygen atoms in total. The normalized spacial score (nSPS) is 10.8. The zero-order valence-electron chi connectivity index (χ0n) is 15.0. The van der Waals surface area contributed by atoms with Crippen molar-refractivity contribution >= 4 is 46.4 Å². The fourth-order valence-corrected chi connectivity index (χ4v) is 3.46. The first kappa shape index (κ1) is 19.9. The predicted molar refractivity (Wildman–Crippen MR) is 119 cm³/mol. The quantitative estimate of drug-likeness (QED) is 0.376. The van der Waals surface area contributed by atoms with Gasteiger partial charge in [0.05, 0.1) is 0 Å². The second-order valence-electron chi connectivity index (χ2n) is 5.74. The van der Waals surface area contributed by atoms with Crippen LogP contribution in [-0.4, -0.2) is 21.1 Å². The van der Waals surface area contributed by atoms with Crippen molar-refractivity contribution in [1.29, 1.82) is 0 Å². The fourth-order valence-electron chi connectivity index (χ4n) is 2.41. The van der Waals surface area contributed by atoms with E-state index in [-0.39, 0.29) is 21.1 Å². The third kappa shape index (κ3) is 7.59. The smallest absolute Gasteiger partial charge is 0.0226 e. The van der Waals surface area contributed by atoms with Gasteiger partial charge in [-0.25, -0.2) is 0 Å². The first-order chi connectivity index (χ1) is 12.3. The standard InChI is InChI=1S/C12H11P.C9H8.2CH3.Sn.H/c1-3-7-11(8-4-1)13-12-9-5-2-6-10-12;1-2-5-9-7-3-6-8(9)4-1;;;;/h1-10,13H;1-6H,7H2;2*1H3;;. The Kier molecular flexibility index (Phi) is 9.62. The molecule has 0 aromatic heterocycles. The van der Waals surface area contributed by atoms with E-state index < -0.39 is 0 Å². The van der Waals surface area contributed by atoms with Gasteiger partial charge in [0.25, 0.3) is 0 Å². The van der Waals surface area contributed by atoms with E-state index in [1.165, 1.54) is 21.7 Å². The molecule has 127 valence electrons. The van der Waals surface area contributed by atoms with E-state index in [0.717, 1.165) is 15.0 Å². The second-order valence-corrected chi connectivity index (χ2v) is 10.4. The number of allylic oxidation sites excluding steroid dienone is 1. The average Bonchev–Trinajstić information content (AvgIpc) is 3.13. The van der Waals surface area contributed by atoms with Gasteiger partial charge in [-0.15, -0.1) is 0 Å². The van der Waals surface area contributed by atoms with Crippen LogP contribution in [0.2, 0.25) is 9.88 Å². The van der Waals surface area contributed by atoms with Crippen LogP contribution in [0.1, 0.15) is 11.1 Å². The molecule has 0 saturated carbocycles. The summed E-state index contributed by atoms with van der Waals surface area (Å²) in [6.07, 6.45) is 5.50. The molecule has 3 aromatic carbocycles. The van der Waals surface area contributed by atoms with Gasteiger partial charge in [0, 0.05) is 0 Å². The summed E-state index contributed by atoms with van der Waals surface area (Å²) in [5.74, 6) is 0. The molecule has 4 rings (SSSR count). The van der Waals surface area contributed by atoms with Crippen molar-refractivity contribution in [3.05, 3.63) is 102 Å². The van der Waals surface area contributed by atoms with Crippen LogP contribution >= 0.6 is 8.58 Å². The van der Waals surface area contributed by atoms with E-state index in [4.69, 9.17) is 0 Å². The van der Waals surface area contributed by atoms with Crippen molar-refractivity contribution in [1.82, 2.24) is 0 Å². The SMILES string of the molecule is C1=Cc2ccccc2C1.[CH3][SnH][CH3].c1ccc(Pc2ccccc2)cc1. The molecule has 0 spiro atoms. The molecule has 0 amide bonds. The van der Waals surface area contributed by atoms with Gasteiger partial charge in [-0.3, -0.25) is 0 Å². The number of hydrogen-bond donors (Lipinski definition) is 0. The molecule has 0 atom stereocenters. The number of benzene rings is 3. The molecule has 3 aromatic rings. The summed E-state index contributed by atoms with van der Waals surface area (Å²) >= 11 is 0.110. The van der Waals surface area contributed by atoms with Crippen LogP contribution in [0.15, 0.2) is 91.0 Å². The van der Waals surface area contributed by atoms with Crippen molar-refractivity contribution in [2.45, 2.75) is 16.3 Å². The zero-order valence-corrected chi connectivity index (χ0v) is 19.3. The van der Waals surface area contributed by atoms with Crippen molar-refractivity contribution in [2.24, 2.45) is 0 Å². The van der Waals surface area contributed by atoms with Crippen LogP contribution in [0, 0.1) is 0 Å². The van der Waals surface area contributed by atoms with Gasteiger partial charge in [0.15, 0.2) is 0 Å². The third-order valence-corrected chi connectivity index (χ3v) is 4.77. The van der Waals surface area contributed by atoms with Gasteiger partial charge in [0.2, 0.25) is 0 Å². The number of fused-ring (bicyclic) bond motifs is 1. The van der Waals surface area contributed by atoms with Crippen LogP contribution in [0.3, 0.4) is 0 Å². The van der Waals surface area contributed by atoms with Crippen LogP contribution in [-0.2, 0) is 6.42 Å². The Morgan fingerprint density at radius 2 is 1.16 bits per heavy atom. The van der Waals surface area contributed by atoms with Gasteiger partial charge in [-0.05, 0) is 28.2 Å². The molecule has 0 saturated heterocycles. The monoisotopic (exact) mass is 453 g/mol. The maximum atomic E-state index is 2.32. The Labute approximate surface area is 164 Å². The van der Waals surface area contributed by atoms with Crippen LogP contribution in [0.4, 0.5) is 0 Å². The molecule has 0 fully saturated rings. The van der Waals surface area contributed by atoms with E-state index in [2.05, 4.69) is 107 Å². The van der Waals surface area contributed by atoms with Crippen LogP contribution in [0.25, 0.3) is 6.08 Å². The predicted octanol–water partition coefficient (Wildman–Crippen LogP) is 5.09. The van der Waals surface area contributed by atoms with E-state index >= 15 is 0 Å². The Balaban J connectivity index is 0.000000163. The third-order valence-electron chi connectivity index (χ3n) is 3.53. The minimum Gasteiger partial charge on any atom is -0.0622 e. The first-order valence-corrected chi connectivity index (χ1v) is 16.3. The molecule has 1 radical (unpaired) electrons. The number of rotatable bonds is 2. The molecule has 2 heteroatoms. The minimum atomic E-state index is 0.110. The minimum absolute atomic E-state index is 0.110. The molecule has 0 bridgehead atoms. The molecule has 1 aliphatic rings. The van der Waals surface area contributed by atoms with E-state index in [1.54, 1.807) is 0 Å². The molecule has 0 N–H and O–H groups in total. The summed E-state index contributed by atoms with van der Waals surface area (Å²) in [6.45, 7) is 0. The van der Waals surface area contributed by atoms with Gasteiger partial charge < -0.3 is 0 Å². The van der Waals surface area contributed by atoms with E-state index in [1.807, 2.05) is 0 Å². The molecular formula is C23H26PSn. The average molecular weight is 452 g/mol. The summed E-state index contributed by atoms with van der Waals surface area (Å²) in [5, 5.41) is 2.79. The van der Waals surface area contributed by atoms with Crippen molar-refractivity contribution in [3.8, 4) is 0 Å². The van der Waals surface area contributed by atoms with Crippen molar-refractivity contribution in [2.75, 3.05) is 0 Å². The summed E-state index contributed by atoms with van der Waals surface area (Å²) in [6, 6.07) is 29.6. The van der Waals surface area contributed by atoms with Crippen LogP contribution in [0.5, 0.6) is 0 Å². The van der Waals surface area contributed by atoms with Gasteiger partial charge in [-0.1, -0.05) is 106 Å². The van der Waals surface area contributed by atoms with E-state index in [0.29, 0.717) is 0 Å². The summed E-state index contributed by atoms with van der Waals surface area (Å²) in [4.78, 5) is 4.63. The summed E-state index contributed by atoms with van der Waals surface area (Å²) in [5.41, 5.74) is 2.84. The fraction of sp³-hybridized carbons (Fsp3) is 0.130. The topological polar surface area (TPSA) is 0 Å². The Bertz CT molecular complexity index is 714. The Hall–Kier alpha value is -1.37. The van der Waals surface area contributed by atoms with Gasteiger partial charge in [-0.2, -0.15) is 0 Å². The van der Waals surface area contributed by atoms with Gasteiger partial charge in [0.1, 0.15) is 0 Å². The maximum Gasteiger partial charge on any atom is -0.0226 e. The molecule has 0 heterocycles. The number of hydrogen-bond acceptors (Lipinski definition) is 0.